The first-order valence-electron chi connectivity index (χ1n) is 9.21. The van der Waals surface area contributed by atoms with Gasteiger partial charge in [0.25, 0.3) is 0 Å². The van der Waals surface area contributed by atoms with Gasteiger partial charge in [0.2, 0.25) is 0 Å². The zero-order valence-corrected chi connectivity index (χ0v) is 16.0. The molecule has 0 N–H and O–H groups in total. The molecule has 1 aromatic rings. The van der Waals surface area contributed by atoms with Crippen LogP contribution in [0.25, 0.3) is 0 Å². The van der Waals surface area contributed by atoms with Crippen molar-refractivity contribution in [2.45, 2.75) is 49.6 Å². The summed E-state index contributed by atoms with van der Waals surface area (Å²) in [6.45, 7) is 0. The Balaban J connectivity index is 1.56. The number of carbonyl (C=O) groups excluding carboxylic acids is 2. The fourth-order valence-electron chi connectivity index (χ4n) is 3.58. The summed E-state index contributed by atoms with van der Waals surface area (Å²) >= 11 is 1.39. The van der Waals surface area contributed by atoms with Gasteiger partial charge in [0.05, 0.1) is 11.1 Å². The zero-order valence-electron chi connectivity index (χ0n) is 15.2. The molecule has 150 valence electrons. The van der Waals surface area contributed by atoms with Gasteiger partial charge in [0.15, 0.2) is 11.6 Å². The van der Waals surface area contributed by atoms with Crippen LogP contribution < -0.4 is 0 Å². The summed E-state index contributed by atoms with van der Waals surface area (Å²) in [5.41, 5.74) is -0.385. The van der Waals surface area contributed by atoms with Crippen LogP contribution in [-0.4, -0.2) is 17.3 Å². The van der Waals surface area contributed by atoms with Gasteiger partial charge in [0, 0.05) is 23.3 Å². The Labute approximate surface area is 165 Å². The second-order valence-corrected chi connectivity index (χ2v) is 8.25. The van der Waals surface area contributed by atoms with E-state index < -0.39 is 17.6 Å². The molecular weight excluding hydrogens is 392 g/mol. The van der Waals surface area contributed by atoms with Crippen molar-refractivity contribution in [1.82, 2.24) is 0 Å². The Morgan fingerprint density at radius 3 is 2.25 bits per heavy atom. The molecule has 3 rings (SSSR count). The topological polar surface area (TPSA) is 34.1 Å². The molecule has 0 atom stereocenters. The predicted molar refractivity (Wildman–Crippen MR) is 99.6 cm³/mol. The standard InChI is InChI=1S/C21H20F4O2S/c22-17-4-2-1-3-16(17)20-18(26)11-13(12-19(20)27)9-10-28-15-7-5-14(6-8-15)21(23,24)25/h4-8,13H,1-3,9-12H2. The summed E-state index contributed by atoms with van der Waals surface area (Å²) in [6, 6.07) is 4.93. The highest BCUT2D eigenvalue weighted by Gasteiger charge is 2.34. The molecule has 7 heteroatoms. The lowest BCUT2D eigenvalue weighted by molar-refractivity contribution is -0.137. The predicted octanol–water partition coefficient (Wildman–Crippen LogP) is 6.07. The van der Waals surface area contributed by atoms with Crippen LogP contribution in [0.15, 0.2) is 52.2 Å². The van der Waals surface area contributed by atoms with Crippen molar-refractivity contribution in [2.24, 2.45) is 5.92 Å². The smallest absolute Gasteiger partial charge is 0.294 e. The van der Waals surface area contributed by atoms with E-state index >= 15 is 0 Å². The molecule has 0 heterocycles. The number of allylic oxidation sites excluding steroid dienone is 4. The number of benzene rings is 1. The lowest BCUT2D eigenvalue weighted by Gasteiger charge is -2.24. The van der Waals surface area contributed by atoms with Crippen molar-refractivity contribution in [2.75, 3.05) is 5.75 Å². The third-order valence-electron chi connectivity index (χ3n) is 5.03. The van der Waals surface area contributed by atoms with Crippen LogP contribution in [0.3, 0.4) is 0 Å². The van der Waals surface area contributed by atoms with Gasteiger partial charge in [-0.3, -0.25) is 9.59 Å². The quantitative estimate of drug-likeness (QED) is 0.261. The molecule has 1 aromatic carbocycles. The number of thioether (sulfide) groups is 1. The monoisotopic (exact) mass is 412 g/mol. The van der Waals surface area contributed by atoms with Gasteiger partial charge < -0.3 is 0 Å². The molecule has 0 radical (unpaired) electrons. The molecule has 1 saturated carbocycles. The number of Topliss-reactive ketones (excluding diaryl/α,β-unsaturated/α-hetero) is 2. The van der Waals surface area contributed by atoms with E-state index in [1.807, 2.05) is 0 Å². The van der Waals surface area contributed by atoms with Gasteiger partial charge in [-0.15, -0.1) is 11.8 Å². The SMILES string of the molecule is O=C1CC(CCSc2ccc(C(F)(F)F)cc2)CC(=O)C1=C1CCCC=C1F. The highest BCUT2D eigenvalue weighted by molar-refractivity contribution is 7.99. The van der Waals surface area contributed by atoms with Crippen LogP contribution in [0.1, 0.15) is 44.1 Å². The van der Waals surface area contributed by atoms with Crippen molar-refractivity contribution >= 4 is 23.3 Å². The number of alkyl halides is 3. The third-order valence-corrected chi connectivity index (χ3v) is 6.07. The summed E-state index contributed by atoms with van der Waals surface area (Å²) < 4.78 is 51.7. The molecule has 0 aliphatic heterocycles. The van der Waals surface area contributed by atoms with Crippen molar-refractivity contribution in [1.29, 1.82) is 0 Å². The van der Waals surface area contributed by atoms with E-state index in [4.69, 9.17) is 0 Å². The summed E-state index contributed by atoms with van der Waals surface area (Å²) in [4.78, 5) is 25.6. The lowest BCUT2D eigenvalue weighted by Crippen LogP contribution is -2.28. The summed E-state index contributed by atoms with van der Waals surface area (Å²) in [5, 5.41) is 0. The van der Waals surface area contributed by atoms with Crippen LogP contribution in [0.4, 0.5) is 17.6 Å². The normalized spacial score (nSPS) is 21.1. The minimum atomic E-state index is -4.36. The highest BCUT2D eigenvalue weighted by atomic mass is 32.2. The number of halogens is 4. The van der Waals surface area contributed by atoms with Crippen LogP contribution in [0.2, 0.25) is 0 Å². The van der Waals surface area contributed by atoms with Gasteiger partial charge >= 0.3 is 6.18 Å². The maximum Gasteiger partial charge on any atom is 0.416 e. The van der Waals surface area contributed by atoms with E-state index in [2.05, 4.69) is 0 Å². The Bertz CT molecular complexity index is 802. The van der Waals surface area contributed by atoms with Gasteiger partial charge in [0.1, 0.15) is 5.83 Å². The molecule has 1 fully saturated rings. The summed E-state index contributed by atoms with van der Waals surface area (Å²) in [6.07, 6.45) is -0.121. The molecule has 2 aliphatic carbocycles. The number of hydrogen-bond acceptors (Lipinski definition) is 3. The molecule has 2 aliphatic rings. The van der Waals surface area contributed by atoms with E-state index in [1.165, 1.54) is 30.0 Å². The molecule has 28 heavy (non-hydrogen) atoms. The molecule has 0 spiro atoms. The number of ketones is 2. The number of hydrogen-bond donors (Lipinski definition) is 0. The first kappa shape index (κ1) is 20.8. The van der Waals surface area contributed by atoms with Gasteiger partial charge in [-0.2, -0.15) is 13.2 Å². The van der Waals surface area contributed by atoms with E-state index in [-0.39, 0.29) is 41.5 Å². The van der Waals surface area contributed by atoms with Gasteiger partial charge in [-0.25, -0.2) is 4.39 Å². The molecule has 0 amide bonds. The van der Waals surface area contributed by atoms with Crippen molar-refractivity contribution in [3.8, 4) is 0 Å². The molecule has 2 nitrogen and oxygen atoms in total. The number of rotatable bonds is 4. The third kappa shape index (κ3) is 4.93. The zero-order chi connectivity index (χ0) is 20.3. The Morgan fingerprint density at radius 1 is 1.04 bits per heavy atom. The minimum Gasteiger partial charge on any atom is -0.294 e. The molecule has 0 saturated heterocycles. The summed E-state index contributed by atoms with van der Waals surface area (Å²) in [7, 11) is 0. The van der Waals surface area contributed by atoms with Crippen molar-refractivity contribution in [3.05, 3.63) is 52.9 Å². The maximum atomic E-state index is 14.0. The minimum absolute atomic E-state index is 0.0418. The first-order chi connectivity index (χ1) is 13.3. The Kier molecular flexibility index (Phi) is 6.43. The fourth-order valence-corrected chi connectivity index (χ4v) is 4.59. The molecule has 0 unspecified atom stereocenters. The highest BCUT2D eigenvalue weighted by Crippen LogP contribution is 2.35. The van der Waals surface area contributed by atoms with Crippen LogP contribution in [0.5, 0.6) is 0 Å². The Morgan fingerprint density at radius 2 is 1.68 bits per heavy atom. The van der Waals surface area contributed by atoms with E-state index in [0.717, 1.165) is 18.6 Å². The summed E-state index contributed by atoms with van der Waals surface area (Å²) in [5.74, 6) is -0.542. The molecule has 0 bridgehead atoms. The second kappa shape index (κ2) is 8.64. The Hall–Kier alpha value is -1.89. The fraction of sp³-hybridized carbons (Fsp3) is 0.429. The van der Waals surface area contributed by atoms with Crippen molar-refractivity contribution in [3.63, 3.8) is 0 Å². The number of carbonyl (C=O) groups is 2. The largest absolute Gasteiger partial charge is 0.416 e. The average Bonchev–Trinajstić information content (AvgIpc) is 2.62. The average molecular weight is 412 g/mol. The second-order valence-electron chi connectivity index (χ2n) is 7.08. The van der Waals surface area contributed by atoms with E-state index in [1.54, 1.807) is 0 Å². The van der Waals surface area contributed by atoms with E-state index in [9.17, 15) is 27.2 Å². The van der Waals surface area contributed by atoms with Gasteiger partial charge in [-0.1, -0.05) is 0 Å². The van der Waals surface area contributed by atoms with Crippen molar-refractivity contribution < 1.29 is 27.2 Å². The van der Waals surface area contributed by atoms with Gasteiger partial charge in [-0.05, 0) is 67.7 Å². The molecular formula is C21H20F4O2S. The maximum absolute atomic E-state index is 14.0. The van der Waals surface area contributed by atoms with Crippen LogP contribution in [-0.2, 0) is 15.8 Å². The van der Waals surface area contributed by atoms with Crippen LogP contribution >= 0.6 is 11.8 Å². The lowest BCUT2D eigenvalue weighted by atomic mass is 9.79. The first-order valence-corrected chi connectivity index (χ1v) is 10.2. The van der Waals surface area contributed by atoms with E-state index in [0.29, 0.717) is 29.9 Å². The van der Waals surface area contributed by atoms with Crippen LogP contribution in [0, 0.1) is 5.92 Å². The molecule has 0 aromatic heterocycles.